The van der Waals surface area contributed by atoms with E-state index in [1.165, 1.54) is 7.11 Å². The molecule has 0 aliphatic rings. The van der Waals surface area contributed by atoms with E-state index in [-0.39, 0.29) is 12.3 Å². The largest absolute Gasteiger partial charge is 0.496 e. The summed E-state index contributed by atoms with van der Waals surface area (Å²) >= 11 is 5.85. The minimum atomic E-state index is -0.404. The van der Waals surface area contributed by atoms with Crippen LogP contribution in [0.2, 0.25) is 5.02 Å². The molecule has 3 aromatic rings. The smallest absolute Gasteiger partial charge is 0.275 e. The average Bonchev–Trinajstić information content (AvgIpc) is 2.76. The van der Waals surface area contributed by atoms with Crippen LogP contribution in [-0.2, 0) is 11.3 Å². The van der Waals surface area contributed by atoms with Crippen molar-refractivity contribution in [2.24, 2.45) is 5.10 Å². The van der Waals surface area contributed by atoms with E-state index in [1.54, 1.807) is 25.1 Å². The van der Waals surface area contributed by atoms with Gasteiger partial charge in [-0.25, -0.2) is 5.43 Å². The van der Waals surface area contributed by atoms with Gasteiger partial charge in [0, 0.05) is 17.3 Å². The first kappa shape index (κ1) is 21.3. The fraction of sp³-hybridized carbons (Fsp3) is 0.174. The first-order chi connectivity index (χ1) is 14.5. The lowest BCUT2D eigenvalue weighted by atomic mass is 10.1. The Labute approximate surface area is 179 Å². The molecule has 30 heavy (non-hydrogen) atoms. The van der Waals surface area contributed by atoms with E-state index in [4.69, 9.17) is 16.3 Å². The van der Waals surface area contributed by atoms with Crippen LogP contribution in [0.25, 0.3) is 10.8 Å². The van der Waals surface area contributed by atoms with E-state index >= 15 is 0 Å². The maximum Gasteiger partial charge on any atom is 0.275 e. The van der Waals surface area contributed by atoms with Crippen molar-refractivity contribution in [3.8, 4) is 5.75 Å². The van der Waals surface area contributed by atoms with Crippen molar-refractivity contribution in [2.75, 3.05) is 7.11 Å². The highest BCUT2D eigenvalue weighted by molar-refractivity contribution is 6.30. The van der Waals surface area contributed by atoms with Crippen molar-refractivity contribution in [2.45, 2.75) is 19.9 Å². The van der Waals surface area contributed by atoms with Crippen LogP contribution in [0.15, 0.2) is 65.8 Å². The summed E-state index contributed by atoms with van der Waals surface area (Å²) in [6.45, 7) is 2.07. The zero-order valence-electron chi connectivity index (χ0n) is 16.7. The maximum atomic E-state index is 12.6. The third kappa shape index (κ3) is 5.58. The lowest BCUT2D eigenvalue weighted by Crippen LogP contribution is -2.26. The summed E-state index contributed by atoms with van der Waals surface area (Å²) in [6.07, 6.45) is 0.0721. The standard InChI is InChI=1S/C23H22ClN3O3/c1-15(11-22(28)25-14-16-7-9-19(24)10-8-16)26-27-23(29)20-12-17-5-3-4-6-18(17)13-21(20)30-2/h3-10,12-13H,11,14H2,1-2H3,(H,25,28)(H,27,29)/b26-15+. The highest BCUT2D eigenvalue weighted by Crippen LogP contribution is 2.25. The van der Waals surface area contributed by atoms with Crippen LogP contribution < -0.4 is 15.5 Å². The Balaban J connectivity index is 1.59. The summed E-state index contributed by atoms with van der Waals surface area (Å²) in [5.41, 5.74) is 4.30. The molecule has 0 fully saturated rings. The van der Waals surface area contributed by atoms with Crippen LogP contribution in [0.4, 0.5) is 0 Å². The fourth-order valence-corrected chi connectivity index (χ4v) is 3.04. The molecule has 3 rings (SSSR count). The summed E-state index contributed by atoms with van der Waals surface area (Å²) in [7, 11) is 1.51. The van der Waals surface area contributed by atoms with Gasteiger partial charge in [-0.15, -0.1) is 0 Å². The van der Waals surface area contributed by atoms with Gasteiger partial charge in [0.25, 0.3) is 5.91 Å². The van der Waals surface area contributed by atoms with Crippen molar-refractivity contribution >= 4 is 39.9 Å². The van der Waals surface area contributed by atoms with Crippen molar-refractivity contribution in [3.05, 3.63) is 76.8 Å². The van der Waals surface area contributed by atoms with Gasteiger partial charge >= 0.3 is 0 Å². The van der Waals surface area contributed by atoms with E-state index in [0.29, 0.717) is 28.6 Å². The minimum Gasteiger partial charge on any atom is -0.496 e. The van der Waals surface area contributed by atoms with Crippen LogP contribution >= 0.6 is 11.6 Å². The number of carbonyl (C=O) groups excluding carboxylic acids is 2. The van der Waals surface area contributed by atoms with Gasteiger partial charge < -0.3 is 10.1 Å². The van der Waals surface area contributed by atoms with E-state index in [9.17, 15) is 9.59 Å². The van der Waals surface area contributed by atoms with Crippen molar-refractivity contribution in [1.29, 1.82) is 0 Å². The quantitative estimate of drug-likeness (QED) is 0.439. The van der Waals surface area contributed by atoms with Gasteiger partial charge in [0.05, 0.1) is 19.1 Å². The van der Waals surface area contributed by atoms with E-state index in [1.807, 2.05) is 42.5 Å². The zero-order chi connectivity index (χ0) is 21.5. The molecule has 7 heteroatoms. The number of hydrazone groups is 1. The number of amides is 2. The van der Waals surface area contributed by atoms with Crippen molar-refractivity contribution in [1.82, 2.24) is 10.7 Å². The number of ether oxygens (including phenoxy) is 1. The second kappa shape index (κ2) is 9.89. The molecule has 0 radical (unpaired) electrons. The number of halogens is 1. The van der Waals surface area contributed by atoms with Crippen LogP contribution in [0.1, 0.15) is 29.3 Å². The lowest BCUT2D eigenvalue weighted by Gasteiger charge is -2.10. The Hall–Kier alpha value is -3.38. The van der Waals surface area contributed by atoms with Gasteiger partial charge in [-0.05, 0) is 47.5 Å². The predicted octanol–water partition coefficient (Wildman–Crippen LogP) is 4.31. The monoisotopic (exact) mass is 423 g/mol. The van der Waals surface area contributed by atoms with Crippen LogP contribution in [-0.4, -0.2) is 24.6 Å². The van der Waals surface area contributed by atoms with Crippen LogP contribution in [0.3, 0.4) is 0 Å². The molecule has 0 unspecified atom stereocenters. The molecule has 3 aromatic carbocycles. The molecule has 6 nitrogen and oxygen atoms in total. The highest BCUT2D eigenvalue weighted by atomic mass is 35.5. The van der Waals surface area contributed by atoms with Gasteiger partial charge in [0.15, 0.2) is 0 Å². The molecule has 0 saturated carbocycles. The highest BCUT2D eigenvalue weighted by Gasteiger charge is 2.13. The Kier molecular flexibility index (Phi) is 7.03. The molecule has 0 heterocycles. The Morgan fingerprint density at radius 1 is 1.03 bits per heavy atom. The second-order valence-electron chi connectivity index (χ2n) is 6.77. The molecule has 154 valence electrons. The zero-order valence-corrected chi connectivity index (χ0v) is 17.5. The summed E-state index contributed by atoms with van der Waals surface area (Å²) in [5, 5.41) is 9.40. The average molecular weight is 424 g/mol. The predicted molar refractivity (Wildman–Crippen MR) is 119 cm³/mol. The number of nitrogens with zero attached hydrogens (tertiary/aromatic N) is 1. The Bertz CT molecular complexity index is 1090. The Morgan fingerprint density at radius 2 is 1.70 bits per heavy atom. The SMILES string of the molecule is COc1cc2ccccc2cc1C(=O)N/N=C(\C)CC(=O)NCc1ccc(Cl)cc1. The number of fused-ring (bicyclic) bond motifs is 1. The number of carbonyl (C=O) groups is 2. The molecule has 0 aliphatic heterocycles. The first-order valence-electron chi connectivity index (χ1n) is 9.37. The van der Waals surface area contributed by atoms with Crippen LogP contribution in [0, 0.1) is 0 Å². The van der Waals surface area contributed by atoms with Gasteiger partial charge in [0.1, 0.15) is 5.75 Å². The van der Waals surface area contributed by atoms with Gasteiger partial charge in [0.2, 0.25) is 5.91 Å². The van der Waals surface area contributed by atoms with Gasteiger partial charge in [-0.1, -0.05) is 48.0 Å². The summed E-state index contributed by atoms with van der Waals surface area (Å²) in [6, 6.07) is 18.5. The van der Waals surface area contributed by atoms with Gasteiger partial charge in [-0.2, -0.15) is 5.10 Å². The van der Waals surface area contributed by atoms with Crippen molar-refractivity contribution in [3.63, 3.8) is 0 Å². The minimum absolute atomic E-state index is 0.0721. The maximum absolute atomic E-state index is 12.6. The molecule has 0 bridgehead atoms. The normalized spacial score (nSPS) is 11.2. The lowest BCUT2D eigenvalue weighted by molar-refractivity contribution is -0.120. The van der Waals surface area contributed by atoms with Crippen molar-refractivity contribution < 1.29 is 14.3 Å². The fourth-order valence-electron chi connectivity index (χ4n) is 2.91. The third-order valence-electron chi connectivity index (χ3n) is 4.48. The van der Waals surface area contributed by atoms with E-state index in [0.717, 1.165) is 16.3 Å². The summed E-state index contributed by atoms with van der Waals surface area (Å²) in [4.78, 5) is 24.7. The molecule has 2 N–H and O–H groups in total. The molecular weight excluding hydrogens is 402 g/mol. The topological polar surface area (TPSA) is 79.8 Å². The number of benzene rings is 3. The number of hydrogen-bond donors (Lipinski definition) is 2. The molecule has 0 saturated heterocycles. The molecule has 0 spiro atoms. The number of nitrogens with one attached hydrogen (secondary N) is 2. The van der Waals surface area contributed by atoms with Crippen LogP contribution in [0.5, 0.6) is 5.75 Å². The molecule has 2 amide bonds. The molecule has 0 aliphatic carbocycles. The molecule has 0 aromatic heterocycles. The number of methoxy groups -OCH3 is 1. The van der Waals surface area contributed by atoms with E-state index < -0.39 is 5.91 Å². The summed E-state index contributed by atoms with van der Waals surface area (Å²) < 4.78 is 5.35. The van der Waals surface area contributed by atoms with Gasteiger partial charge in [-0.3, -0.25) is 9.59 Å². The number of hydrogen-bond acceptors (Lipinski definition) is 4. The first-order valence-corrected chi connectivity index (χ1v) is 9.75. The molecule has 0 atom stereocenters. The second-order valence-corrected chi connectivity index (χ2v) is 7.20. The Morgan fingerprint density at radius 3 is 2.37 bits per heavy atom. The van der Waals surface area contributed by atoms with E-state index in [2.05, 4.69) is 15.8 Å². The third-order valence-corrected chi connectivity index (χ3v) is 4.73. The summed E-state index contributed by atoms with van der Waals surface area (Å²) in [5.74, 6) is -0.137. The molecular formula is C23H22ClN3O3. The number of rotatable bonds is 7.